The van der Waals surface area contributed by atoms with Crippen molar-refractivity contribution in [2.45, 2.75) is 63.7 Å². The Hall–Kier alpha value is 0.390. The second-order valence-electron chi connectivity index (χ2n) is 5.80. The van der Waals surface area contributed by atoms with E-state index in [1.165, 1.54) is 0 Å². The Bertz CT molecular complexity index is 341. The fourth-order valence-corrected chi connectivity index (χ4v) is 5.16. The number of hydrogen-bond acceptors (Lipinski definition) is 2. The Kier molecular flexibility index (Phi) is 6.62. The topological polar surface area (TPSA) is 37.4 Å². The highest BCUT2D eigenvalue weighted by Gasteiger charge is 2.31. The van der Waals surface area contributed by atoms with E-state index in [0.717, 1.165) is 32.1 Å². The molecule has 18 heavy (non-hydrogen) atoms. The van der Waals surface area contributed by atoms with Crippen LogP contribution in [0.15, 0.2) is 0 Å². The first-order chi connectivity index (χ1) is 8.33. The van der Waals surface area contributed by atoms with Gasteiger partial charge in [-0.2, -0.15) is 4.31 Å². The molecule has 1 fully saturated rings. The summed E-state index contributed by atoms with van der Waals surface area (Å²) in [6, 6.07) is 0.186. The van der Waals surface area contributed by atoms with E-state index >= 15 is 0 Å². The zero-order chi connectivity index (χ0) is 13.8. The van der Waals surface area contributed by atoms with Crippen molar-refractivity contribution in [1.82, 2.24) is 4.31 Å². The fraction of sp³-hybridized carbons (Fsp3) is 1.00. The molecule has 0 amide bonds. The monoisotopic (exact) mass is 339 g/mol. The summed E-state index contributed by atoms with van der Waals surface area (Å²) in [5.41, 5.74) is 0. The lowest BCUT2D eigenvalue weighted by Gasteiger charge is -2.30. The summed E-state index contributed by atoms with van der Waals surface area (Å²) < 4.78 is 26.7. The Morgan fingerprint density at radius 2 is 1.89 bits per heavy atom. The fourth-order valence-electron chi connectivity index (χ4n) is 2.64. The standard InChI is InChI=1S/C13H26BrNO2S/c1-11(2)10-18(16,17)15-8-6-4-5-7-13(15)9-12(3)14/h11-13H,4-10H2,1-3H3. The molecule has 1 rings (SSSR count). The van der Waals surface area contributed by atoms with Gasteiger partial charge in [0.05, 0.1) is 5.75 Å². The first-order valence-corrected chi connectivity index (χ1v) is 9.49. The van der Waals surface area contributed by atoms with E-state index in [0.29, 0.717) is 11.4 Å². The van der Waals surface area contributed by atoms with E-state index < -0.39 is 10.0 Å². The zero-order valence-corrected chi connectivity index (χ0v) is 14.1. The summed E-state index contributed by atoms with van der Waals surface area (Å²) in [5.74, 6) is 0.473. The van der Waals surface area contributed by atoms with Crippen molar-refractivity contribution in [3.8, 4) is 0 Å². The van der Waals surface area contributed by atoms with E-state index in [1.807, 2.05) is 13.8 Å². The number of hydrogen-bond donors (Lipinski definition) is 0. The Morgan fingerprint density at radius 1 is 1.22 bits per heavy atom. The van der Waals surface area contributed by atoms with Crippen LogP contribution in [0.3, 0.4) is 0 Å². The van der Waals surface area contributed by atoms with Gasteiger partial charge in [0.15, 0.2) is 0 Å². The SMILES string of the molecule is CC(C)CS(=O)(=O)N1CCCCCC1CC(C)Br. The van der Waals surface area contributed by atoms with Gasteiger partial charge in [-0.15, -0.1) is 0 Å². The number of rotatable bonds is 5. The Labute approximate surface area is 121 Å². The summed E-state index contributed by atoms with van der Waals surface area (Å²) in [4.78, 5) is 0.373. The number of halogens is 1. The summed E-state index contributed by atoms with van der Waals surface area (Å²) >= 11 is 3.56. The predicted octanol–water partition coefficient (Wildman–Crippen LogP) is 3.39. The van der Waals surface area contributed by atoms with Gasteiger partial charge in [0.2, 0.25) is 10.0 Å². The van der Waals surface area contributed by atoms with Crippen molar-refractivity contribution in [3.63, 3.8) is 0 Å². The zero-order valence-electron chi connectivity index (χ0n) is 11.7. The van der Waals surface area contributed by atoms with Crippen LogP contribution in [-0.2, 0) is 10.0 Å². The molecule has 2 unspecified atom stereocenters. The van der Waals surface area contributed by atoms with Crippen molar-refractivity contribution >= 4 is 26.0 Å². The average Bonchev–Trinajstić information content (AvgIpc) is 2.40. The molecule has 5 heteroatoms. The van der Waals surface area contributed by atoms with Crippen molar-refractivity contribution < 1.29 is 8.42 Å². The van der Waals surface area contributed by atoms with Crippen LogP contribution in [-0.4, -0.2) is 35.9 Å². The molecule has 0 radical (unpaired) electrons. The van der Waals surface area contributed by atoms with Crippen LogP contribution >= 0.6 is 15.9 Å². The Morgan fingerprint density at radius 3 is 2.44 bits per heavy atom. The lowest BCUT2D eigenvalue weighted by atomic mass is 10.1. The van der Waals surface area contributed by atoms with Crippen molar-refractivity contribution in [3.05, 3.63) is 0 Å². The summed E-state index contributed by atoms with van der Waals surface area (Å²) in [6.07, 6.45) is 5.23. The van der Waals surface area contributed by atoms with Crippen LogP contribution in [0.4, 0.5) is 0 Å². The molecule has 2 atom stereocenters. The number of sulfonamides is 1. The third kappa shape index (κ3) is 5.17. The molecule has 0 saturated carbocycles. The minimum atomic E-state index is -3.09. The number of nitrogens with zero attached hydrogens (tertiary/aromatic N) is 1. The van der Waals surface area contributed by atoms with Crippen LogP contribution in [0.2, 0.25) is 0 Å². The quantitative estimate of drug-likeness (QED) is 0.720. The maximum absolute atomic E-state index is 12.5. The molecule has 0 bridgehead atoms. The van der Waals surface area contributed by atoms with Gasteiger partial charge in [0.1, 0.15) is 0 Å². The third-order valence-electron chi connectivity index (χ3n) is 3.32. The molecule has 0 N–H and O–H groups in total. The van der Waals surface area contributed by atoms with Crippen LogP contribution in [0.1, 0.15) is 52.9 Å². The van der Waals surface area contributed by atoms with Gasteiger partial charge in [0.25, 0.3) is 0 Å². The molecule has 1 aliphatic heterocycles. The molecule has 108 valence electrons. The highest BCUT2D eigenvalue weighted by atomic mass is 79.9. The van der Waals surface area contributed by atoms with Gasteiger partial charge in [-0.25, -0.2) is 8.42 Å². The molecule has 0 aliphatic carbocycles. The van der Waals surface area contributed by atoms with Gasteiger partial charge in [-0.3, -0.25) is 0 Å². The normalized spacial score (nSPS) is 25.1. The van der Waals surface area contributed by atoms with Crippen molar-refractivity contribution in [2.75, 3.05) is 12.3 Å². The minimum Gasteiger partial charge on any atom is -0.212 e. The van der Waals surface area contributed by atoms with Gasteiger partial charge in [-0.1, -0.05) is 49.5 Å². The van der Waals surface area contributed by atoms with Gasteiger partial charge < -0.3 is 0 Å². The highest BCUT2D eigenvalue weighted by Crippen LogP contribution is 2.26. The lowest BCUT2D eigenvalue weighted by molar-refractivity contribution is 0.307. The molecule has 0 aromatic heterocycles. The largest absolute Gasteiger partial charge is 0.214 e. The van der Waals surface area contributed by atoms with Crippen molar-refractivity contribution in [2.24, 2.45) is 5.92 Å². The maximum atomic E-state index is 12.5. The van der Waals surface area contributed by atoms with E-state index in [2.05, 4.69) is 22.9 Å². The molecule has 1 aliphatic rings. The average molecular weight is 340 g/mol. The molecule has 1 heterocycles. The van der Waals surface area contributed by atoms with Gasteiger partial charge in [-0.05, 0) is 25.2 Å². The van der Waals surface area contributed by atoms with Gasteiger partial charge >= 0.3 is 0 Å². The van der Waals surface area contributed by atoms with E-state index in [9.17, 15) is 8.42 Å². The molecule has 0 aromatic rings. The molecule has 3 nitrogen and oxygen atoms in total. The van der Waals surface area contributed by atoms with Crippen LogP contribution < -0.4 is 0 Å². The first-order valence-electron chi connectivity index (χ1n) is 6.96. The second-order valence-corrected chi connectivity index (χ2v) is 9.33. The van der Waals surface area contributed by atoms with Crippen molar-refractivity contribution in [1.29, 1.82) is 0 Å². The minimum absolute atomic E-state index is 0.186. The van der Waals surface area contributed by atoms with E-state index in [4.69, 9.17) is 0 Å². The smallest absolute Gasteiger partial charge is 0.212 e. The predicted molar refractivity (Wildman–Crippen MR) is 80.6 cm³/mol. The summed E-state index contributed by atoms with van der Waals surface area (Å²) in [6.45, 7) is 6.74. The molecule has 1 saturated heterocycles. The molecular weight excluding hydrogens is 314 g/mol. The van der Waals surface area contributed by atoms with Gasteiger partial charge in [0, 0.05) is 17.4 Å². The molecule has 0 spiro atoms. The molecule has 0 aromatic carbocycles. The van der Waals surface area contributed by atoms with Crippen LogP contribution in [0, 0.1) is 5.92 Å². The Balaban J connectivity index is 2.84. The lowest BCUT2D eigenvalue weighted by Crippen LogP contribution is -2.42. The second kappa shape index (κ2) is 7.25. The third-order valence-corrected chi connectivity index (χ3v) is 5.98. The maximum Gasteiger partial charge on any atom is 0.214 e. The number of alkyl halides is 1. The van der Waals surface area contributed by atoms with E-state index in [1.54, 1.807) is 4.31 Å². The highest BCUT2D eigenvalue weighted by molar-refractivity contribution is 9.09. The van der Waals surface area contributed by atoms with Crippen LogP contribution in [0.5, 0.6) is 0 Å². The molecular formula is C13H26BrNO2S. The summed E-state index contributed by atoms with van der Waals surface area (Å²) in [7, 11) is -3.09. The first kappa shape index (κ1) is 16.4. The summed E-state index contributed by atoms with van der Waals surface area (Å²) in [5, 5.41) is 0. The van der Waals surface area contributed by atoms with E-state index in [-0.39, 0.29) is 17.7 Å². The van der Waals surface area contributed by atoms with Crippen LogP contribution in [0.25, 0.3) is 0 Å².